The van der Waals surface area contributed by atoms with Crippen LogP contribution in [-0.2, 0) is 0 Å². The molecule has 0 saturated carbocycles. The van der Waals surface area contributed by atoms with Gasteiger partial charge in [0.1, 0.15) is 0 Å². The molecule has 90 valence electrons. The second-order valence-corrected chi connectivity index (χ2v) is 5.07. The van der Waals surface area contributed by atoms with Crippen LogP contribution in [0.25, 0.3) is 0 Å². The third-order valence-corrected chi connectivity index (χ3v) is 4.20. The van der Waals surface area contributed by atoms with Gasteiger partial charge in [-0.15, -0.1) is 0 Å². The minimum absolute atomic E-state index is 0. The first-order valence-corrected chi connectivity index (χ1v) is 6.43. The van der Waals surface area contributed by atoms with Gasteiger partial charge in [-0.1, -0.05) is 18.2 Å². The second-order valence-electron chi connectivity index (χ2n) is 5.07. The predicted octanol–water partition coefficient (Wildman–Crippen LogP) is 2.61. The number of piperidine rings is 2. The third-order valence-electron chi connectivity index (χ3n) is 4.20. The molecular formula is C14H24N2. The molecule has 2 fully saturated rings. The van der Waals surface area contributed by atoms with Crippen molar-refractivity contribution < 1.29 is 2.85 Å². The lowest BCUT2D eigenvalue weighted by Gasteiger charge is -2.44. The van der Waals surface area contributed by atoms with E-state index in [1.165, 1.54) is 38.0 Å². The van der Waals surface area contributed by atoms with Crippen molar-refractivity contribution in [1.29, 1.82) is 0 Å². The highest BCUT2D eigenvalue weighted by Gasteiger charge is 2.39. The lowest BCUT2D eigenvalue weighted by molar-refractivity contribution is 0.221. The van der Waals surface area contributed by atoms with Crippen molar-refractivity contribution in [1.82, 2.24) is 10.6 Å². The fourth-order valence-electron chi connectivity index (χ4n) is 3.28. The first-order valence-electron chi connectivity index (χ1n) is 6.43. The normalized spacial score (nSPS) is 27.5. The third kappa shape index (κ3) is 1.61. The molecule has 1 aliphatic carbocycles. The fourth-order valence-corrected chi connectivity index (χ4v) is 3.28. The quantitative estimate of drug-likeness (QED) is 0.656. The van der Waals surface area contributed by atoms with Crippen LogP contribution < -0.4 is 10.6 Å². The predicted molar refractivity (Wildman–Crippen MR) is 71.3 cm³/mol. The lowest BCUT2D eigenvalue weighted by Crippen LogP contribution is -2.44. The molecule has 0 radical (unpaired) electrons. The molecule has 1 spiro atoms. The summed E-state index contributed by atoms with van der Waals surface area (Å²) in [5.74, 6) is 0. The highest BCUT2D eigenvalue weighted by atomic mass is 14.9. The molecule has 0 aromatic rings. The van der Waals surface area contributed by atoms with E-state index < -0.39 is 0 Å². The van der Waals surface area contributed by atoms with E-state index in [2.05, 4.69) is 34.9 Å². The van der Waals surface area contributed by atoms with Gasteiger partial charge in [0.25, 0.3) is 0 Å². The molecule has 2 aliphatic heterocycles. The Balaban J connectivity index is 0.000000810. The molecular weight excluding hydrogens is 196 g/mol. The van der Waals surface area contributed by atoms with Crippen LogP contribution in [-0.4, -0.2) is 19.6 Å². The van der Waals surface area contributed by atoms with E-state index in [-0.39, 0.29) is 2.85 Å². The summed E-state index contributed by atoms with van der Waals surface area (Å²) < 4.78 is 0. The van der Waals surface area contributed by atoms with Crippen molar-refractivity contribution in [2.45, 2.75) is 25.7 Å². The van der Waals surface area contributed by atoms with Crippen LogP contribution in [0.15, 0.2) is 35.6 Å². The molecule has 0 amide bonds. The van der Waals surface area contributed by atoms with Gasteiger partial charge in [0.15, 0.2) is 0 Å². The maximum atomic E-state index is 3.55. The van der Waals surface area contributed by atoms with Crippen LogP contribution >= 0.6 is 0 Å². The van der Waals surface area contributed by atoms with Crippen molar-refractivity contribution in [2.75, 3.05) is 19.6 Å². The van der Waals surface area contributed by atoms with Crippen LogP contribution in [0.2, 0.25) is 0 Å². The Kier molecular flexibility index (Phi) is 2.60. The smallest absolute Gasteiger partial charge is 0.0375 e. The molecule has 0 unspecified atom stereocenters. The van der Waals surface area contributed by atoms with Gasteiger partial charge in [0.2, 0.25) is 0 Å². The molecule has 2 heterocycles. The molecule has 16 heavy (non-hydrogen) atoms. The van der Waals surface area contributed by atoms with Gasteiger partial charge in [0.05, 0.1) is 0 Å². The van der Waals surface area contributed by atoms with Crippen LogP contribution in [0.4, 0.5) is 0 Å². The summed E-state index contributed by atoms with van der Waals surface area (Å²) in [4.78, 5) is 0. The number of fused-ring (bicyclic) bond motifs is 2. The molecule has 0 aromatic carbocycles. The zero-order valence-electron chi connectivity index (χ0n) is 9.76. The zero-order valence-corrected chi connectivity index (χ0v) is 9.76. The summed E-state index contributed by atoms with van der Waals surface area (Å²) in [6, 6.07) is 0. The topological polar surface area (TPSA) is 24.1 Å². The SMILES string of the molecule is C1=CCC=C2C(=C1)NCCC21CCNCC1.[HH].[HH]. The Labute approximate surface area is 100 Å². The first kappa shape index (κ1) is 10.2. The molecule has 2 saturated heterocycles. The van der Waals surface area contributed by atoms with E-state index in [1.807, 2.05) is 0 Å². The van der Waals surface area contributed by atoms with E-state index in [9.17, 15) is 0 Å². The van der Waals surface area contributed by atoms with Crippen LogP contribution in [0.3, 0.4) is 0 Å². The van der Waals surface area contributed by atoms with Gasteiger partial charge in [-0.3, -0.25) is 0 Å². The first-order chi connectivity index (χ1) is 7.91. The van der Waals surface area contributed by atoms with E-state index in [1.54, 1.807) is 5.57 Å². The minimum atomic E-state index is 0. The van der Waals surface area contributed by atoms with Gasteiger partial charge < -0.3 is 10.6 Å². The Hall–Kier alpha value is -1.02. The standard InChI is InChI=1S/C14H20N2.2H2/c1-2-4-12-13(5-3-1)16-11-8-14(12)6-9-15-10-7-14;;/h1,3-5,15-16H,2,6-11H2;2*1H. The average Bonchev–Trinajstić information content (AvgIpc) is 2.57. The lowest BCUT2D eigenvalue weighted by atomic mass is 9.67. The molecule has 0 bridgehead atoms. The molecule has 2 nitrogen and oxygen atoms in total. The summed E-state index contributed by atoms with van der Waals surface area (Å²) in [6.45, 7) is 3.49. The number of nitrogens with one attached hydrogen (secondary N) is 2. The van der Waals surface area contributed by atoms with Crippen molar-refractivity contribution in [3.05, 3.63) is 35.6 Å². The number of hydrogen-bond donors (Lipinski definition) is 2. The Morgan fingerprint density at radius 1 is 1.12 bits per heavy atom. The van der Waals surface area contributed by atoms with Crippen molar-refractivity contribution in [3.8, 4) is 0 Å². The van der Waals surface area contributed by atoms with Gasteiger partial charge in [-0.05, 0) is 50.4 Å². The summed E-state index contributed by atoms with van der Waals surface area (Å²) >= 11 is 0. The highest BCUT2D eigenvalue weighted by Crippen LogP contribution is 2.45. The summed E-state index contributed by atoms with van der Waals surface area (Å²) in [5, 5.41) is 7.04. The van der Waals surface area contributed by atoms with E-state index in [4.69, 9.17) is 0 Å². The molecule has 0 atom stereocenters. The van der Waals surface area contributed by atoms with Crippen molar-refractivity contribution >= 4 is 0 Å². The fraction of sp³-hybridized carbons (Fsp3) is 0.571. The van der Waals surface area contributed by atoms with Crippen LogP contribution in [0, 0.1) is 5.41 Å². The largest absolute Gasteiger partial charge is 0.385 e. The molecule has 3 rings (SSSR count). The number of rotatable bonds is 0. The Morgan fingerprint density at radius 3 is 2.81 bits per heavy atom. The average molecular weight is 220 g/mol. The number of allylic oxidation sites excluding steroid dienone is 5. The molecule has 2 N–H and O–H groups in total. The van der Waals surface area contributed by atoms with E-state index in [0.29, 0.717) is 5.41 Å². The molecule has 2 heteroatoms. The molecule has 0 aromatic heterocycles. The molecule has 3 aliphatic rings. The summed E-state index contributed by atoms with van der Waals surface area (Å²) in [6.07, 6.45) is 14.1. The van der Waals surface area contributed by atoms with Crippen molar-refractivity contribution in [2.24, 2.45) is 5.41 Å². The van der Waals surface area contributed by atoms with Crippen LogP contribution in [0.5, 0.6) is 0 Å². The number of hydrogen-bond acceptors (Lipinski definition) is 2. The van der Waals surface area contributed by atoms with E-state index in [0.717, 1.165) is 13.0 Å². The van der Waals surface area contributed by atoms with Crippen molar-refractivity contribution in [3.63, 3.8) is 0 Å². The Morgan fingerprint density at radius 2 is 1.94 bits per heavy atom. The van der Waals surface area contributed by atoms with Gasteiger partial charge in [-0.25, -0.2) is 0 Å². The summed E-state index contributed by atoms with van der Waals surface area (Å²) in [5.41, 5.74) is 3.43. The maximum absolute atomic E-state index is 3.55. The van der Waals surface area contributed by atoms with Crippen LogP contribution in [0.1, 0.15) is 28.5 Å². The monoisotopic (exact) mass is 220 g/mol. The zero-order chi connectivity index (χ0) is 10.8. The van der Waals surface area contributed by atoms with E-state index >= 15 is 0 Å². The second kappa shape index (κ2) is 4.10. The summed E-state index contributed by atoms with van der Waals surface area (Å²) in [7, 11) is 0. The highest BCUT2D eigenvalue weighted by molar-refractivity contribution is 5.42. The minimum Gasteiger partial charge on any atom is -0.385 e. The van der Waals surface area contributed by atoms with Gasteiger partial charge in [0, 0.05) is 20.5 Å². The Bertz CT molecular complexity index is 360. The maximum Gasteiger partial charge on any atom is 0.0375 e. The van der Waals surface area contributed by atoms with Gasteiger partial charge >= 0.3 is 0 Å². The van der Waals surface area contributed by atoms with Gasteiger partial charge in [-0.2, -0.15) is 0 Å².